The number of carboxylic acids is 1. The number of phenolic OH excluding ortho intramolecular Hbond substituents is 1. The molecule has 0 aromatic heterocycles. The number of hydrogen-bond acceptors (Lipinski definition) is 4. The Morgan fingerprint density at radius 1 is 0.675 bits per heavy atom. The highest BCUT2D eigenvalue weighted by Gasteiger charge is 2.31. The van der Waals surface area contributed by atoms with Crippen LogP contribution in [0.5, 0.6) is 5.75 Å². The first-order chi connectivity index (χ1) is 18.6. The van der Waals surface area contributed by atoms with Gasteiger partial charge >= 0.3 is 5.97 Å². The fraction of sp³-hybridized carbons (Fsp3) is 0.788. The van der Waals surface area contributed by atoms with E-state index in [0.29, 0.717) is 24.0 Å². The maximum Gasteiger partial charge on any atom is 0.335 e. The second-order valence-electron chi connectivity index (χ2n) is 13.7. The maximum absolute atomic E-state index is 12.2. The molecule has 1 aromatic rings. The van der Waals surface area contributed by atoms with Crippen LogP contribution in [0.3, 0.4) is 0 Å². The molecule has 0 saturated carbocycles. The van der Waals surface area contributed by atoms with Crippen LogP contribution in [0.2, 0.25) is 0 Å². The van der Waals surface area contributed by atoms with Crippen molar-refractivity contribution in [3.63, 3.8) is 0 Å². The monoisotopic (exact) mass is 582 g/mol. The van der Waals surface area contributed by atoms with Crippen LogP contribution in [0.15, 0.2) is 6.07 Å². The van der Waals surface area contributed by atoms with Crippen LogP contribution < -0.4 is 0 Å². The van der Waals surface area contributed by atoms with E-state index in [9.17, 15) is 23.4 Å². The van der Waals surface area contributed by atoms with E-state index >= 15 is 0 Å². The van der Waals surface area contributed by atoms with Crippen LogP contribution >= 0.6 is 0 Å². The summed E-state index contributed by atoms with van der Waals surface area (Å²) in [4.78, 5) is 12.2. The van der Waals surface area contributed by atoms with Crippen LogP contribution in [0.25, 0.3) is 0 Å². The van der Waals surface area contributed by atoms with Gasteiger partial charge in [0, 0.05) is 11.1 Å². The molecule has 0 aliphatic rings. The topological polar surface area (TPSA) is 112 Å². The maximum atomic E-state index is 12.2. The molecule has 0 saturated heterocycles. The van der Waals surface area contributed by atoms with Crippen LogP contribution in [0.1, 0.15) is 171 Å². The van der Waals surface area contributed by atoms with Gasteiger partial charge in [-0.3, -0.25) is 4.55 Å². The summed E-state index contributed by atoms with van der Waals surface area (Å²) in [6.45, 7) is 12.2. The highest BCUT2D eigenvalue weighted by atomic mass is 32.2. The number of aromatic carboxylic acids is 1. The zero-order valence-corrected chi connectivity index (χ0v) is 27.1. The van der Waals surface area contributed by atoms with E-state index in [2.05, 4.69) is 0 Å². The molecule has 0 amide bonds. The fourth-order valence-corrected chi connectivity index (χ4v) is 6.17. The lowest BCUT2D eigenvalue weighted by Gasteiger charge is -2.30. The second kappa shape index (κ2) is 17.4. The predicted molar refractivity (Wildman–Crippen MR) is 166 cm³/mol. The first kappa shape index (κ1) is 36.4. The molecule has 0 aliphatic heterocycles. The average molecular weight is 583 g/mol. The van der Waals surface area contributed by atoms with Gasteiger partial charge in [-0.2, -0.15) is 8.42 Å². The van der Waals surface area contributed by atoms with E-state index in [0.717, 1.165) is 49.7 Å². The van der Waals surface area contributed by atoms with Crippen molar-refractivity contribution in [2.45, 2.75) is 162 Å². The van der Waals surface area contributed by atoms with Gasteiger partial charge in [0.05, 0.1) is 11.3 Å². The fourth-order valence-electron chi connectivity index (χ4n) is 5.60. The van der Waals surface area contributed by atoms with Crippen molar-refractivity contribution >= 4 is 16.1 Å². The summed E-state index contributed by atoms with van der Waals surface area (Å²) >= 11 is 0. The van der Waals surface area contributed by atoms with E-state index in [1.165, 1.54) is 57.8 Å². The van der Waals surface area contributed by atoms with Gasteiger partial charge in [-0.1, -0.05) is 131 Å². The van der Waals surface area contributed by atoms with E-state index in [1.54, 1.807) is 6.07 Å². The van der Waals surface area contributed by atoms with Crippen LogP contribution in [0.4, 0.5) is 0 Å². The van der Waals surface area contributed by atoms with Crippen molar-refractivity contribution < 1.29 is 28.0 Å². The molecule has 0 aliphatic carbocycles. The molecular weight excluding hydrogens is 524 g/mol. The van der Waals surface area contributed by atoms with E-state index in [-0.39, 0.29) is 22.3 Å². The number of aromatic hydroxyl groups is 1. The standard InChI is InChI=1S/C33H58O6S/c1-32(2,3)28-25-27(31(35)36)26(29(30(28)34)33(4,5)6)23-21-19-17-15-13-11-9-7-8-10-12-14-16-18-20-22-24-40(37,38)39/h25,34H,7-24H2,1-6H3,(H,35,36)(H,37,38,39). The van der Waals surface area contributed by atoms with Crippen LogP contribution in [-0.4, -0.2) is 34.9 Å². The summed E-state index contributed by atoms with van der Waals surface area (Å²) in [7, 11) is -3.80. The number of phenols is 1. The Morgan fingerprint density at radius 3 is 1.38 bits per heavy atom. The highest BCUT2D eigenvalue weighted by Crippen LogP contribution is 2.43. The van der Waals surface area contributed by atoms with Gasteiger partial charge in [-0.15, -0.1) is 0 Å². The Balaban J connectivity index is 2.28. The van der Waals surface area contributed by atoms with Crippen molar-refractivity contribution in [1.82, 2.24) is 0 Å². The Labute approximate surface area is 245 Å². The molecule has 3 N–H and O–H groups in total. The Hall–Kier alpha value is -1.60. The quantitative estimate of drug-likeness (QED) is 0.104. The van der Waals surface area contributed by atoms with Gasteiger partial charge in [0.2, 0.25) is 0 Å². The first-order valence-electron chi connectivity index (χ1n) is 15.6. The van der Waals surface area contributed by atoms with Gasteiger partial charge in [0.1, 0.15) is 5.75 Å². The minimum Gasteiger partial charge on any atom is -0.507 e. The number of rotatable bonds is 20. The Kier molecular flexibility index (Phi) is 15.8. The lowest BCUT2D eigenvalue weighted by Crippen LogP contribution is -2.22. The lowest BCUT2D eigenvalue weighted by atomic mass is 9.74. The lowest BCUT2D eigenvalue weighted by molar-refractivity contribution is 0.0695. The van der Waals surface area contributed by atoms with Crippen LogP contribution in [-0.2, 0) is 27.4 Å². The van der Waals surface area contributed by atoms with Crippen LogP contribution in [0, 0.1) is 0 Å². The normalized spacial score (nSPS) is 12.7. The predicted octanol–water partition coefficient (Wildman–Crippen LogP) is 9.36. The first-order valence-corrected chi connectivity index (χ1v) is 17.2. The van der Waals surface area contributed by atoms with E-state index < -0.39 is 16.1 Å². The summed E-state index contributed by atoms with van der Waals surface area (Å²) in [5.41, 5.74) is 1.92. The smallest absolute Gasteiger partial charge is 0.335 e. The number of carbonyl (C=O) groups is 1. The summed E-state index contributed by atoms with van der Waals surface area (Å²) in [6.07, 6.45) is 18.7. The van der Waals surface area contributed by atoms with Crippen molar-refractivity contribution in [1.29, 1.82) is 0 Å². The molecule has 40 heavy (non-hydrogen) atoms. The zero-order valence-electron chi connectivity index (χ0n) is 26.3. The molecule has 0 atom stereocenters. The molecule has 0 heterocycles. The Morgan fingerprint density at radius 2 is 1.05 bits per heavy atom. The molecule has 0 unspecified atom stereocenters. The van der Waals surface area contributed by atoms with Gasteiger partial charge < -0.3 is 10.2 Å². The van der Waals surface area contributed by atoms with E-state index in [1.807, 2.05) is 41.5 Å². The van der Waals surface area contributed by atoms with Gasteiger partial charge in [-0.25, -0.2) is 4.79 Å². The SMILES string of the molecule is CC(C)(C)c1cc(C(=O)O)c(CCCCCCCCCCCCCCCCCCS(=O)(=O)O)c(C(C)(C)C)c1O. The third kappa shape index (κ3) is 14.3. The largest absolute Gasteiger partial charge is 0.507 e. The third-order valence-corrected chi connectivity index (χ3v) is 8.58. The highest BCUT2D eigenvalue weighted by molar-refractivity contribution is 7.85. The molecule has 0 radical (unpaired) electrons. The minimum absolute atomic E-state index is 0.115. The number of carboxylic acid groups (broad SMARTS) is 1. The Bertz CT molecular complexity index is 999. The summed E-state index contributed by atoms with van der Waals surface area (Å²) < 4.78 is 30.1. The van der Waals surface area contributed by atoms with Gasteiger partial charge in [-0.05, 0) is 41.7 Å². The molecule has 6 nitrogen and oxygen atoms in total. The average Bonchev–Trinajstić information content (AvgIpc) is 2.80. The zero-order chi connectivity index (χ0) is 30.4. The van der Waals surface area contributed by atoms with Crippen molar-refractivity contribution in [2.24, 2.45) is 0 Å². The molecule has 0 fully saturated rings. The molecule has 0 bridgehead atoms. The number of hydrogen-bond donors (Lipinski definition) is 3. The van der Waals surface area contributed by atoms with Gasteiger partial charge in [0.25, 0.3) is 10.1 Å². The molecule has 232 valence electrons. The second-order valence-corrected chi connectivity index (χ2v) is 15.2. The van der Waals surface area contributed by atoms with Gasteiger partial charge in [0.15, 0.2) is 0 Å². The molecule has 1 aromatic carbocycles. The third-order valence-electron chi connectivity index (χ3n) is 7.77. The minimum atomic E-state index is -3.80. The number of benzene rings is 1. The number of unbranched alkanes of at least 4 members (excludes halogenated alkanes) is 15. The molecule has 0 spiro atoms. The van der Waals surface area contributed by atoms with Crippen molar-refractivity contribution in [3.8, 4) is 5.75 Å². The summed E-state index contributed by atoms with van der Waals surface area (Å²) in [6, 6.07) is 1.69. The van der Waals surface area contributed by atoms with E-state index in [4.69, 9.17) is 4.55 Å². The summed E-state index contributed by atoms with van der Waals surface area (Å²) in [5, 5.41) is 21.2. The molecular formula is C33H58O6S. The van der Waals surface area contributed by atoms with Crippen molar-refractivity contribution in [2.75, 3.05) is 5.75 Å². The van der Waals surface area contributed by atoms with Crippen molar-refractivity contribution in [3.05, 3.63) is 28.3 Å². The summed E-state index contributed by atoms with van der Waals surface area (Å²) in [5.74, 6) is -0.773. The molecule has 1 rings (SSSR count). The molecule has 7 heteroatoms.